The zero-order valence-corrected chi connectivity index (χ0v) is 12.7. The van der Waals surface area contributed by atoms with Crippen molar-refractivity contribution in [2.75, 3.05) is 13.2 Å². The Hall–Kier alpha value is -0.0800. The van der Waals surface area contributed by atoms with Crippen LogP contribution in [0.3, 0.4) is 0 Å². The van der Waals surface area contributed by atoms with Gasteiger partial charge in [0.05, 0.1) is 5.60 Å². The van der Waals surface area contributed by atoms with Gasteiger partial charge in [0.1, 0.15) is 0 Å². The van der Waals surface area contributed by atoms with Gasteiger partial charge in [0.25, 0.3) is 0 Å². The van der Waals surface area contributed by atoms with Crippen LogP contribution in [0.5, 0.6) is 0 Å². The Balaban J connectivity index is 2.05. The molecule has 1 saturated carbocycles. The highest BCUT2D eigenvalue weighted by atomic mass is 16.5. The summed E-state index contributed by atoms with van der Waals surface area (Å²) in [6.07, 6.45) is 7.74. The van der Waals surface area contributed by atoms with E-state index in [-0.39, 0.29) is 5.60 Å². The van der Waals surface area contributed by atoms with E-state index < -0.39 is 0 Å². The fourth-order valence-corrected chi connectivity index (χ4v) is 3.79. The minimum absolute atomic E-state index is 0.278. The minimum Gasteiger partial charge on any atom is -0.375 e. The van der Waals surface area contributed by atoms with Crippen LogP contribution in [0.4, 0.5) is 0 Å². The number of rotatable bonds is 5. The summed E-state index contributed by atoms with van der Waals surface area (Å²) in [4.78, 5) is 0. The second-order valence-corrected chi connectivity index (χ2v) is 7.02. The van der Waals surface area contributed by atoms with Crippen molar-refractivity contribution in [3.63, 3.8) is 0 Å². The molecule has 0 aromatic rings. The summed E-state index contributed by atoms with van der Waals surface area (Å²) in [6.45, 7) is 11.5. The fourth-order valence-electron chi connectivity index (χ4n) is 3.79. The first-order valence-electron chi connectivity index (χ1n) is 7.90. The molecule has 2 aliphatic rings. The van der Waals surface area contributed by atoms with Crippen LogP contribution in [0.25, 0.3) is 0 Å². The monoisotopic (exact) mass is 253 g/mol. The molecule has 0 radical (unpaired) electrons. The standard InChI is InChI=1S/C16H31NO/c1-5-15(3,4)14(17-6-2)13-8-11-18-16(12-13)9-7-10-16/h13-14,17H,5-12H2,1-4H3. The van der Waals surface area contributed by atoms with Gasteiger partial charge in [-0.3, -0.25) is 0 Å². The summed E-state index contributed by atoms with van der Waals surface area (Å²) in [5.74, 6) is 0.800. The van der Waals surface area contributed by atoms with Crippen molar-refractivity contribution in [2.45, 2.75) is 77.9 Å². The Morgan fingerprint density at radius 3 is 2.56 bits per heavy atom. The molecule has 2 unspecified atom stereocenters. The van der Waals surface area contributed by atoms with E-state index in [4.69, 9.17) is 4.74 Å². The third-order valence-electron chi connectivity index (χ3n) is 5.44. The third-order valence-corrected chi connectivity index (χ3v) is 5.44. The molecule has 1 aliphatic heterocycles. The van der Waals surface area contributed by atoms with E-state index in [2.05, 4.69) is 33.0 Å². The summed E-state index contributed by atoms with van der Waals surface area (Å²) in [5.41, 5.74) is 0.670. The molecule has 0 aromatic carbocycles. The van der Waals surface area contributed by atoms with Gasteiger partial charge in [-0.2, -0.15) is 0 Å². The molecule has 0 amide bonds. The molecule has 0 bridgehead atoms. The van der Waals surface area contributed by atoms with Crippen LogP contribution >= 0.6 is 0 Å². The Morgan fingerprint density at radius 1 is 1.33 bits per heavy atom. The van der Waals surface area contributed by atoms with E-state index >= 15 is 0 Å². The molecule has 2 heteroatoms. The highest BCUT2D eigenvalue weighted by Gasteiger charge is 2.46. The molecule has 2 nitrogen and oxygen atoms in total. The lowest BCUT2D eigenvalue weighted by atomic mass is 9.66. The topological polar surface area (TPSA) is 21.3 Å². The van der Waals surface area contributed by atoms with E-state index in [1.807, 2.05) is 0 Å². The summed E-state index contributed by atoms with van der Waals surface area (Å²) in [5, 5.41) is 3.77. The van der Waals surface area contributed by atoms with Gasteiger partial charge in [0.2, 0.25) is 0 Å². The van der Waals surface area contributed by atoms with E-state index in [0.717, 1.165) is 19.1 Å². The van der Waals surface area contributed by atoms with Crippen LogP contribution in [0, 0.1) is 11.3 Å². The third kappa shape index (κ3) is 2.75. The molecule has 2 fully saturated rings. The van der Waals surface area contributed by atoms with Gasteiger partial charge in [-0.05, 0) is 56.4 Å². The number of ether oxygens (including phenoxy) is 1. The average molecular weight is 253 g/mol. The highest BCUT2D eigenvalue weighted by Crippen LogP contribution is 2.47. The Labute approximate surface area is 113 Å². The largest absolute Gasteiger partial charge is 0.375 e. The number of nitrogens with one attached hydrogen (secondary N) is 1. The molecule has 1 heterocycles. The van der Waals surface area contributed by atoms with Crippen LogP contribution < -0.4 is 5.32 Å². The van der Waals surface area contributed by atoms with E-state index in [0.29, 0.717) is 11.5 Å². The quantitative estimate of drug-likeness (QED) is 0.805. The molecule has 1 aliphatic carbocycles. The molecule has 1 saturated heterocycles. The molecular formula is C16H31NO. The number of hydrogen-bond acceptors (Lipinski definition) is 2. The summed E-state index contributed by atoms with van der Waals surface area (Å²) < 4.78 is 6.08. The predicted molar refractivity (Wildman–Crippen MR) is 76.8 cm³/mol. The van der Waals surface area contributed by atoms with Gasteiger partial charge in [0, 0.05) is 12.6 Å². The van der Waals surface area contributed by atoms with Gasteiger partial charge in [-0.1, -0.05) is 27.7 Å². The van der Waals surface area contributed by atoms with Gasteiger partial charge >= 0.3 is 0 Å². The maximum absolute atomic E-state index is 6.08. The summed E-state index contributed by atoms with van der Waals surface area (Å²) in [7, 11) is 0. The second-order valence-electron chi connectivity index (χ2n) is 7.02. The van der Waals surface area contributed by atoms with E-state index in [9.17, 15) is 0 Å². The Morgan fingerprint density at radius 2 is 2.06 bits per heavy atom. The predicted octanol–water partition coefficient (Wildman–Crippen LogP) is 3.75. The minimum atomic E-state index is 0.278. The van der Waals surface area contributed by atoms with Crippen molar-refractivity contribution >= 4 is 0 Å². The van der Waals surface area contributed by atoms with Crippen molar-refractivity contribution < 1.29 is 4.74 Å². The Bertz CT molecular complexity index is 270. The molecule has 1 N–H and O–H groups in total. The lowest BCUT2D eigenvalue weighted by molar-refractivity contribution is -0.151. The normalized spacial score (nSPS) is 29.0. The summed E-state index contributed by atoms with van der Waals surface area (Å²) in [6, 6.07) is 0.647. The van der Waals surface area contributed by atoms with Crippen molar-refractivity contribution in [3.8, 4) is 0 Å². The first-order valence-corrected chi connectivity index (χ1v) is 7.90. The van der Waals surface area contributed by atoms with E-state index in [1.54, 1.807) is 0 Å². The molecular weight excluding hydrogens is 222 g/mol. The molecule has 1 spiro atoms. The van der Waals surface area contributed by atoms with Crippen LogP contribution in [-0.4, -0.2) is 24.8 Å². The number of hydrogen-bond donors (Lipinski definition) is 1. The lowest BCUT2D eigenvalue weighted by Crippen LogP contribution is -2.54. The van der Waals surface area contributed by atoms with Crippen molar-refractivity contribution in [2.24, 2.45) is 11.3 Å². The lowest BCUT2D eigenvalue weighted by Gasteiger charge is -2.51. The maximum Gasteiger partial charge on any atom is 0.0685 e. The van der Waals surface area contributed by atoms with Crippen molar-refractivity contribution in [1.82, 2.24) is 5.32 Å². The van der Waals surface area contributed by atoms with Crippen LogP contribution in [0.2, 0.25) is 0 Å². The molecule has 2 rings (SSSR count). The molecule has 2 atom stereocenters. The highest BCUT2D eigenvalue weighted by molar-refractivity contribution is 4.99. The van der Waals surface area contributed by atoms with E-state index in [1.165, 1.54) is 38.5 Å². The zero-order chi connectivity index (χ0) is 13.2. The van der Waals surface area contributed by atoms with Gasteiger partial charge in [-0.15, -0.1) is 0 Å². The first kappa shape index (κ1) is 14.3. The molecule has 106 valence electrons. The van der Waals surface area contributed by atoms with Crippen LogP contribution in [0.15, 0.2) is 0 Å². The molecule has 18 heavy (non-hydrogen) atoms. The molecule has 0 aromatic heterocycles. The van der Waals surface area contributed by atoms with Crippen LogP contribution in [-0.2, 0) is 4.74 Å². The van der Waals surface area contributed by atoms with Gasteiger partial charge in [0.15, 0.2) is 0 Å². The van der Waals surface area contributed by atoms with Gasteiger partial charge < -0.3 is 10.1 Å². The zero-order valence-electron chi connectivity index (χ0n) is 12.7. The smallest absolute Gasteiger partial charge is 0.0685 e. The second kappa shape index (κ2) is 5.50. The summed E-state index contributed by atoms with van der Waals surface area (Å²) >= 11 is 0. The van der Waals surface area contributed by atoms with Crippen molar-refractivity contribution in [3.05, 3.63) is 0 Å². The average Bonchev–Trinajstić information content (AvgIpc) is 2.34. The Kier molecular flexibility index (Phi) is 4.38. The maximum atomic E-state index is 6.08. The van der Waals surface area contributed by atoms with Crippen molar-refractivity contribution in [1.29, 1.82) is 0 Å². The fraction of sp³-hybridized carbons (Fsp3) is 1.00. The first-order chi connectivity index (χ1) is 8.53. The SMILES string of the molecule is CCNC(C1CCOC2(CCC2)C1)C(C)(C)CC. The van der Waals surface area contributed by atoms with Crippen LogP contribution in [0.1, 0.15) is 66.2 Å². The van der Waals surface area contributed by atoms with Gasteiger partial charge in [-0.25, -0.2) is 0 Å².